The van der Waals surface area contributed by atoms with Gasteiger partial charge in [-0.25, -0.2) is 0 Å². The summed E-state index contributed by atoms with van der Waals surface area (Å²) in [6.07, 6.45) is 0.0404. The van der Waals surface area contributed by atoms with Crippen molar-refractivity contribution < 1.29 is 9.90 Å². The number of carboxylic acids is 1. The zero-order valence-corrected chi connectivity index (χ0v) is 9.12. The van der Waals surface area contributed by atoms with Gasteiger partial charge in [0.25, 0.3) is 0 Å². The van der Waals surface area contributed by atoms with E-state index in [1.807, 2.05) is 19.1 Å². The van der Waals surface area contributed by atoms with E-state index in [4.69, 9.17) is 10.4 Å². The summed E-state index contributed by atoms with van der Waals surface area (Å²) in [5, 5.41) is 17.1. The third kappa shape index (κ3) is 4.05. The molecule has 78 valence electrons. The van der Waals surface area contributed by atoms with E-state index in [2.05, 4.69) is 6.07 Å². The first kappa shape index (κ1) is 11.6. The maximum atomic E-state index is 10.4. The second-order valence-electron chi connectivity index (χ2n) is 3.10. The van der Waals surface area contributed by atoms with E-state index < -0.39 is 5.97 Å². The molecule has 0 aromatic heterocycles. The van der Waals surface area contributed by atoms with Gasteiger partial charge in [0.1, 0.15) is 0 Å². The first-order chi connectivity index (χ1) is 7.11. The fourth-order valence-electron chi connectivity index (χ4n) is 1.09. The van der Waals surface area contributed by atoms with Gasteiger partial charge in [0.2, 0.25) is 0 Å². The summed E-state index contributed by atoms with van der Waals surface area (Å²) in [5.74, 6) is -0.833. The molecule has 0 aliphatic rings. The maximum Gasteiger partial charge on any atom is 0.307 e. The lowest BCUT2D eigenvalue weighted by Crippen LogP contribution is -1.99. The lowest BCUT2D eigenvalue weighted by molar-refractivity contribution is -0.136. The van der Waals surface area contributed by atoms with E-state index in [1.54, 1.807) is 12.1 Å². The van der Waals surface area contributed by atoms with Gasteiger partial charge in [-0.05, 0) is 24.6 Å². The molecule has 0 aliphatic heterocycles. The van der Waals surface area contributed by atoms with Gasteiger partial charge >= 0.3 is 5.97 Å². The van der Waals surface area contributed by atoms with Crippen LogP contribution >= 0.6 is 11.8 Å². The Morgan fingerprint density at radius 1 is 1.53 bits per heavy atom. The molecule has 0 saturated carbocycles. The van der Waals surface area contributed by atoms with E-state index in [9.17, 15) is 4.79 Å². The number of nitrogens with zero attached hydrogens (tertiary/aromatic N) is 1. The highest BCUT2D eigenvalue weighted by Crippen LogP contribution is 2.22. The smallest absolute Gasteiger partial charge is 0.307 e. The number of thioether (sulfide) groups is 1. The monoisotopic (exact) mass is 221 g/mol. The summed E-state index contributed by atoms with van der Waals surface area (Å²) in [4.78, 5) is 11.4. The van der Waals surface area contributed by atoms with Gasteiger partial charge in [0, 0.05) is 4.90 Å². The standard InChI is InChI=1S/C11H11NO2S/c1-8(7-12)15-10-4-2-9(3-5-10)6-11(13)14/h2-5,8H,6H2,1H3,(H,13,14). The molecule has 0 spiro atoms. The summed E-state index contributed by atoms with van der Waals surface area (Å²) in [6, 6.07) is 9.37. The molecule has 0 saturated heterocycles. The molecule has 1 rings (SSSR count). The molecule has 0 aliphatic carbocycles. The van der Waals surface area contributed by atoms with Crippen LogP contribution in [-0.2, 0) is 11.2 Å². The molecule has 1 aromatic rings. The van der Waals surface area contributed by atoms with Gasteiger partial charge in [0.15, 0.2) is 0 Å². The fraction of sp³-hybridized carbons (Fsp3) is 0.273. The number of benzene rings is 1. The van der Waals surface area contributed by atoms with Crippen LogP contribution in [0.1, 0.15) is 12.5 Å². The fourth-order valence-corrected chi connectivity index (χ4v) is 1.85. The summed E-state index contributed by atoms with van der Waals surface area (Å²) < 4.78 is 0. The van der Waals surface area contributed by atoms with Crippen molar-refractivity contribution in [1.29, 1.82) is 5.26 Å². The Hall–Kier alpha value is -1.47. The molecule has 0 amide bonds. The van der Waals surface area contributed by atoms with Crippen molar-refractivity contribution in [2.75, 3.05) is 0 Å². The minimum atomic E-state index is -0.833. The third-order valence-corrected chi connectivity index (χ3v) is 2.78. The molecule has 1 N–H and O–H groups in total. The SMILES string of the molecule is CC(C#N)Sc1ccc(CC(=O)O)cc1. The minimum absolute atomic E-state index is 0.0404. The van der Waals surface area contributed by atoms with Gasteiger partial charge in [-0.15, -0.1) is 11.8 Å². The number of rotatable bonds is 4. The number of hydrogen-bond acceptors (Lipinski definition) is 3. The second-order valence-corrected chi connectivity index (χ2v) is 4.52. The Kier molecular flexibility index (Phi) is 4.19. The highest BCUT2D eigenvalue weighted by atomic mass is 32.2. The van der Waals surface area contributed by atoms with Crippen molar-refractivity contribution in [1.82, 2.24) is 0 Å². The molecular weight excluding hydrogens is 210 g/mol. The summed E-state index contributed by atoms with van der Waals surface area (Å²) in [5.41, 5.74) is 0.775. The Bertz CT molecular complexity index is 381. The molecule has 0 radical (unpaired) electrons. The zero-order chi connectivity index (χ0) is 11.3. The van der Waals surface area contributed by atoms with E-state index in [-0.39, 0.29) is 11.7 Å². The van der Waals surface area contributed by atoms with E-state index in [1.165, 1.54) is 11.8 Å². The molecule has 3 nitrogen and oxygen atoms in total. The van der Waals surface area contributed by atoms with Crippen molar-refractivity contribution >= 4 is 17.7 Å². The van der Waals surface area contributed by atoms with Crippen molar-refractivity contribution in [3.05, 3.63) is 29.8 Å². The van der Waals surface area contributed by atoms with Crippen LogP contribution in [0.15, 0.2) is 29.2 Å². The van der Waals surface area contributed by atoms with Crippen LogP contribution in [0.3, 0.4) is 0 Å². The topological polar surface area (TPSA) is 61.1 Å². The number of hydrogen-bond donors (Lipinski definition) is 1. The molecule has 15 heavy (non-hydrogen) atoms. The van der Waals surface area contributed by atoms with Crippen molar-refractivity contribution in [2.24, 2.45) is 0 Å². The van der Waals surface area contributed by atoms with Crippen LogP contribution in [0.2, 0.25) is 0 Å². The second kappa shape index (κ2) is 5.42. The van der Waals surface area contributed by atoms with Crippen molar-refractivity contribution in [3.8, 4) is 6.07 Å². The van der Waals surface area contributed by atoms with Crippen LogP contribution in [0.5, 0.6) is 0 Å². The third-order valence-electron chi connectivity index (χ3n) is 1.77. The van der Waals surface area contributed by atoms with E-state index >= 15 is 0 Å². The van der Waals surface area contributed by atoms with Gasteiger partial charge in [0.05, 0.1) is 17.7 Å². The molecule has 0 heterocycles. The van der Waals surface area contributed by atoms with Gasteiger partial charge in [-0.2, -0.15) is 5.26 Å². The van der Waals surface area contributed by atoms with Crippen LogP contribution in [0.25, 0.3) is 0 Å². The quantitative estimate of drug-likeness (QED) is 0.792. The predicted molar refractivity (Wildman–Crippen MR) is 58.7 cm³/mol. The Morgan fingerprint density at radius 3 is 2.60 bits per heavy atom. The number of carbonyl (C=O) groups is 1. The summed E-state index contributed by atoms with van der Waals surface area (Å²) >= 11 is 1.46. The Balaban J connectivity index is 2.65. The zero-order valence-electron chi connectivity index (χ0n) is 8.30. The minimum Gasteiger partial charge on any atom is -0.481 e. The van der Waals surface area contributed by atoms with Crippen molar-refractivity contribution in [2.45, 2.75) is 23.5 Å². The van der Waals surface area contributed by atoms with Crippen LogP contribution in [0.4, 0.5) is 0 Å². The average Bonchev–Trinajstić information content (AvgIpc) is 2.20. The highest BCUT2D eigenvalue weighted by Gasteiger charge is 2.03. The number of nitriles is 1. The first-order valence-electron chi connectivity index (χ1n) is 4.49. The molecule has 0 fully saturated rings. The lowest BCUT2D eigenvalue weighted by Gasteiger charge is -2.03. The van der Waals surface area contributed by atoms with Gasteiger partial charge in [-0.3, -0.25) is 4.79 Å². The van der Waals surface area contributed by atoms with Gasteiger partial charge in [-0.1, -0.05) is 12.1 Å². The first-order valence-corrected chi connectivity index (χ1v) is 5.37. The van der Waals surface area contributed by atoms with Crippen LogP contribution < -0.4 is 0 Å². The molecule has 1 unspecified atom stereocenters. The number of aliphatic carboxylic acids is 1. The normalized spacial score (nSPS) is 11.7. The van der Waals surface area contributed by atoms with Crippen LogP contribution in [0, 0.1) is 11.3 Å². The highest BCUT2D eigenvalue weighted by molar-refractivity contribution is 8.00. The summed E-state index contributed by atoms with van der Waals surface area (Å²) in [6.45, 7) is 1.83. The van der Waals surface area contributed by atoms with Gasteiger partial charge < -0.3 is 5.11 Å². The Morgan fingerprint density at radius 2 is 2.13 bits per heavy atom. The van der Waals surface area contributed by atoms with Crippen molar-refractivity contribution in [3.63, 3.8) is 0 Å². The van der Waals surface area contributed by atoms with E-state index in [0.717, 1.165) is 10.5 Å². The largest absolute Gasteiger partial charge is 0.481 e. The lowest BCUT2D eigenvalue weighted by atomic mass is 10.2. The van der Waals surface area contributed by atoms with E-state index in [0.29, 0.717) is 0 Å². The Labute approximate surface area is 92.7 Å². The number of carboxylic acid groups (broad SMARTS) is 1. The average molecular weight is 221 g/mol. The van der Waals surface area contributed by atoms with Crippen LogP contribution in [-0.4, -0.2) is 16.3 Å². The molecule has 1 aromatic carbocycles. The molecule has 4 heteroatoms. The molecule has 1 atom stereocenters. The maximum absolute atomic E-state index is 10.4. The summed E-state index contributed by atoms with van der Waals surface area (Å²) in [7, 11) is 0. The molecule has 0 bridgehead atoms. The predicted octanol–water partition coefficient (Wildman–Crippen LogP) is 2.32. The molecular formula is C11H11NO2S.